The third-order valence-corrected chi connectivity index (χ3v) is 5.53. The molecule has 4 N–H and O–H groups in total. The molecule has 22 heavy (non-hydrogen) atoms. The van der Waals surface area contributed by atoms with E-state index < -0.39 is 44.7 Å². The zero-order chi connectivity index (χ0) is 16.8. The molecule has 1 aliphatic rings. The minimum atomic E-state index is -4.01. The number of amides is 4. The number of nitrogens with one attached hydrogen (secondary N) is 3. The average Bonchev–Trinajstić information content (AvgIpc) is 2.75. The fourth-order valence-corrected chi connectivity index (χ4v) is 4.06. The van der Waals surface area contributed by atoms with Crippen molar-refractivity contribution in [2.45, 2.75) is 50.3 Å². The summed E-state index contributed by atoms with van der Waals surface area (Å²) in [5.41, 5.74) is 1.35. The second-order valence-corrected chi connectivity index (χ2v) is 7.39. The zero-order valence-electron chi connectivity index (χ0n) is 12.3. The number of hydrogen-bond acceptors (Lipinski definition) is 6. The number of urea groups is 1. The maximum Gasteiger partial charge on any atom is 0.322 e. The lowest BCUT2D eigenvalue weighted by Gasteiger charge is -2.17. The van der Waals surface area contributed by atoms with Gasteiger partial charge in [-0.1, -0.05) is 32.6 Å². The Morgan fingerprint density at radius 3 is 2.50 bits per heavy atom. The van der Waals surface area contributed by atoms with Gasteiger partial charge in [-0.3, -0.25) is 20.1 Å². The summed E-state index contributed by atoms with van der Waals surface area (Å²) in [5, 5.41) is 11.4. The molecule has 1 rings (SSSR count). The maximum absolute atomic E-state index is 12.3. The third-order valence-electron chi connectivity index (χ3n) is 3.41. The molecule has 1 saturated heterocycles. The van der Waals surface area contributed by atoms with Crippen molar-refractivity contribution in [1.29, 1.82) is 0 Å². The number of unbranched alkanes of at least 4 members (excludes halogenated alkanes) is 3. The molecule has 1 heterocycles. The SMILES string of the molecule is CCCCCCC(C(=O)NO)S(=O)(=O)CC1NC(=O)NC1=O. The van der Waals surface area contributed by atoms with Crippen molar-refractivity contribution in [3.05, 3.63) is 0 Å². The van der Waals surface area contributed by atoms with Crippen molar-refractivity contribution < 1.29 is 28.0 Å². The Labute approximate surface area is 128 Å². The quantitative estimate of drug-likeness (QED) is 0.193. The van der Waals surface area contributed by atoms with Gasteiger partial charge in [-0.2, -0.15) is 0 Å². The largest absolute Gasteiger partial charge is 0.325 e. The van der Waals surface area contributed by atoms with Gasteiger partial charge in [0, 0.05) is 0 Å². The van der Waals surface area contributed by atoms with Gasteiger partial charge in [0.15, 0.2) is 9.84 Å². The summed E-state index contributed by atoms with van der Waals surface area (Å²) in [4.78, 5) is 34.0. The van der Waals surface area contributed by atoms with E-state index in [0.29, 0.717) is 6.42 Å². The van der Waals surface area contributed by atoms with E-state index in [0.717, 1.165) is 19.3 Å². The number of hydroxylamine groups is 1. The molecule has 10 heteroatoms. The van der Waals surface area contributed by atoms with Crippen LogP contribution in [0.5, 0.6) is 0 Å². The number of rotatable bonds is 9. The van der Waals surface area contributed by atoms with E-state index in [-0.39, 0.29) is 6.42 Å². The number of imide groups is 1. The summed E-state index contributed by atoms with van der Waals surface area (Å²) in [5.74, 6) is -2.46. The number of sulfone groups is 1. The highest BCUT2D eigenvalue weighted by molar-refractivity contribution is 7.92. The molecule has 0 aromatic heterocycles. The second kappa shape index (κ2) is 8.08. The first kappa shape index (κ1) is 18.4. The molecule has 9 nitrogen and oxygen atoms in total. The Morgan fingerprint density at radius 2 is 2.00 bits per heavy atom. The molecule has 1 fully saturated rings. The summed E-state index contributed by atoms with van der Waals surface area (Å²) in [6, 6.07) is -1.99. The van der Waals surface area contributed by atoms with Crippen LogP contribution in [0.3, 0.4) is 0 Å². The normalized spacial score (nSPS) is 19.5. The highest BCUT2D eigenvalue weighted by Crippen LogP contribution is 2.15. The van der Waals surface area contributed by atoms with Crippen LogP contribution in [-0.4, -0.2) is 48.5 Å². The van der Waals surface area contributed by atoms with Crippen molar-refractivity contribution in [1.82, 2.24) is 16.1 Å². The van der Waals surface area contributed by atoms with Gasteiger partial charge in [0.2, 0.25) is 0 Å². The first-order valence-electron chi connectivity index (χ1n) is 7.08. The summed E-state index contributed by atoms with van der Waals surface area (Å²) >= 11 is 0. The van der Waals surface area contributed by atoms with Crippen LogP contribution < -0.4 is 16.1 Å². The molecule has 0 radical (unpaired) electrons. The van der Waals surface area contributed by atoms with Crippen LogP contribution >= 0.6 is 0 Å². The molecule has 0 aromatic carbocycles. The Balaban J connectivity index is 2.75. The highest BCUT2D eigenvalue weighted by Gasteiger charge is 2.39. The van der Waals surface area contributed by atoms with Gasteiger partial charge in [-0.05, 0) is 6.42 Å². The molecule has 2 atom stereocenters. The zero-order valence-corrected chi connectivity index (χ0v) is 13.1. The molecule has 2 unspecified atom stereocenters. The van der Waals surface area contributed by atoms with Crippen LogP contribution in [0.15, 0.2) is 0 Å². The second-order valence-electron chi connectivity index (χ2n) is 5.16. The molecule has 0 aliphatic carbocycles. The van der Waals surface area contributed by atoms with Crippen molar-refractivity contribution >= 4 is 27.7 Å². The van der Waals surface area contributed by atoms with Crippen LogP contribution in [0.2, 0.25) is 0 Å². The first-order chi connectivity index (χ1) is 10.3. The van der Waals surface area contributed by atoms with Gasteiger partial charge in [-0.15, -0.1) is 0 Å². The van der Waals surface area contributed by atoms with E-state index in [1.807, 2.05) is 12.2 Å². The van der Waals surface area contributed by atoms with Crippen LogP contribution in [0.25, 0.3) is 0 Å². The first-order valence-corrected chi connectivity index (χ1v) is 8.80. The number of carbonyl (C=O) groups is 3. The monoisotopic (exact) mass is 335 g/mol. The lowest BCUT2D eigenvalue weighted by atomic mass is 10.1. The van der Waals surface area contributed by atoms with Crippen LogP contribution in [-0.2, 0) is 19.4 Å². The Morgan fingerprint density at radius 1 is 1.32 bits per heavy atom. The van der Waals surface area contributed by atoms with Gasteiger partial charge in [0.05, 0.1) is 5.75 Å². The summed E-state index contributed by atoms with van der Waals surface area (Å²) in [7, 11) is -4.01. The lowest BCUT2D eigenvalue weighted by molar-refractivity contribution is -0.129. The molecule has 126 valence electrons. The average molecular weight is 335 g/mol. The minimum Gasteiger partial charge on any atom is -0.325 e. The summed E-state index contributed by atoms with van der Waals surface area (Å²) < 4.78 is 24.6. The van der Waals surface area contributed by atoms with Crippen LogP contribution in [0.1, 0.15) is 39.0 Å². The van der Waals surface area contributed by atoms with E-state index in [1.54, 1.807) is 0 Å². The van der Waals surface area contributed by atoms with E-state index in [1.165, 1.54) is 5.48 Å². The number of hydrogen-bond donors (Lipinski definition) is 4. The Kier molecular flexibility index (Phi) is 6.75. The molecule has 0 bridgehead atoms. The Hall–Kier alpha value is -1.68. The van der Waals surface area contributed by atoms with Crippen molar-refractivity contribution in [3.8, 4) is 0 Å². The summed E-state index contributed by atoms with van der Waals surface area (Å²) in [6.07, 6.45) is 3.19. The fraction of sp³-hybridized carbons (Fsp3) is 0.750. The molecule has 0 spiro atoms. The van der Waals surface area contributed by atoms with Gasteiger partial charge in [-0.25, -0.2) is 18.7 Å². The van der Waals surface area contributed by atoms with E-state index >= 15 is 0 Å². The standard InChI is InChI=1S/C12H21N3O6S/c1-2-3-4-5-6-9(11(17)15-19)22(20,21)7-8-10(16)14-12(18)13-8/h8-9,19H,2-7H2,1H3,(H,15,17)(H2,13,14,16,18). The fourth-order valence-electron chi connectivity index (χ4n) is 2.23. The molecule has 0 aromatic rings. The molecule has 1 aliphatic heterocycles. The molecule has 0 saturated carbocycles. The molecular formula is C12H21N3O6S. The molecule has 4 amide bonds. The van der Waals surface area contributed by atoms with Crippen molar-refractivity contribution in [2.24, 2.45) is 0 Å². The van der Waals surface area contributed by atoms with Crippen molar-refractivity contribution in [2.75, 3.05) is 5.75 Å². The van der Waals surface area contributed by atoms with Gasteiger partial charge < -0.3 is 5.32 Å². The minimum absolute atomic E-state index is 0.0526. The van der Waals surface area contributed by atoms with E-state index in [4.69, 9.17) is 5.21 Å². The maximum atomic E-state index is 12.3. The topological polar surface area (TPSA) is 142 Å². The third kappa shape index (κ3) is 4.95. The van der Waals surface area contributed by atoms with Gasteiger partial charge in [0.1, 0.15) is 11.3 Å². The lowest BCUT2D eigenvalue weighted by Crippen LogP contribution is -2.45. The van der Waals surface area contributed by atoms with Gasteiger partial charge in [0.25, 0.3) is 11.8 Å². The summed E-state index contributed by atoms with van der Waals surface area (Å²) in [6.45, 7) is 2.00. The smallest absolute Gasteiger partial charge is 0.322 e. The number of carbonyl (C=O) groups excluding carboxylic acids is 3. The van der Waals surface area contributed by atoms with Crippen LogP contribution in [0, 0.1) is 0 Å². The van der Waals surface area contributed by atoms with Crippen molar-refractivity contribution in [3.63, 3.8) is 0 Å². The predicted octanol–water partition coefficient (Wildman–Crippen LogP) is -0.546. The predicted molar refractivity (Wildman–Crippen MR) is 76.7 cm³/mol. The Bertz CT molecular complexity index is 533. The van der Waals surface area contributed by atoms with E-state index in [2.05, 4.69) is 5.32 Å². The van der Waals surface area contributed by atoms with Gasteiger partial charge >= 0.3 is 6.03 Å². The molecular weight excluding hydrogens is 314 g/mol. The van der Waals surface area contributed by atoms with E-state index in [9.17, 15) is 22.8 Å². The van der Waals surface area contributed by atoms with Crippen LogP contribution in [0.4, 0.5) is 4.79 Å². The highest BCUT2D eigenvalue weighted by atomic mass is 32.2.